The number of aromatic nitrogens is 2. The highest BCUT2D eigenvalue weighted by atomic mass is 32.1. The Bertz CT molecular complexity index is 911. The van der Waals surface area contributed by atoms with Gasteiger partial charge in [-0.2, -0.15) is 0 Å². The molecule has 8 heteroatoms. The lowest BCUT2D eigenvalue weighted by molar-refractivity contribution is -0.115. The summed E-state index contributed by atoms with van der Waals surface area (Å²) in [7, 11) is 1.54. The van der Waals surface area contributed by atoms with Gasteiger partial charge in [-0.05, 0) is 30.3 Å². The molecule has 0 spiro atoms. The standard InChI is InChI=1S/C18H17N5O2S/c1-19-18(25)23-14-6-2-5-13(8-14)21-16(24)9-15-11-26-17(22-15)12-4-3-7-20-10-12/h2-8,10-11H,9H2,1H3,(H,21,24)(H2,19,23,25). The van der Waals surface area contributed by atoms with E-state index in [0.29, 0.717) is 17.1 Å². The summed E-state index contributed by atoms with van der Waals surface area (Å²) in [5, 5.41) is 10.6. The van der Waals surface area contributed by atoms with Gasteiger partial charge in [-0.1, -0.05) is 6.07 Å². The first kappa shape index (κ1) is 17.6. The third-order valence-corrected chi connectivity index (χ3v) is 4.37. The number of urea groups is 1. The topological polar surface area (TPSA) is 96.0 Å². The van der Waals surface area contributed by atoms with Crippen LogP contribution in [0.15, 0.2) is 54.2 Å². The molecule has 3 aromatic rings. The van der Waals surface area contributed by atoms with E-state index in [9.17, 15) is 9.59 Å². The molecule has 132 valence electrons. The predicted molar refractivity (Wildman–Crippen MR) is 102 cm³/mol. The van der Waals surface area contributed by atoms with E-state index in [1.165, 1.54) is 18.4 Å². The van der Waals surface area contributed by atoms with Gasteiger partial charge in [-0.3, -0.25) is 9.78 Å². The number of hydrogen-bond donors (Lipinski definition) is 3. The summed E-state index contributed by atoms with van der Waals surface area (Å²) >= 11 is 1.48. The molecule has 3 rings (SSSR count). The smallest absolute Gasteiger partial charge is 0.318 e. The van der Waals surface area contributed by atoms with Crippen molar-refractivity contribution in [2.45, 2.75) is 6.42 Å². The number of hydrogen-bond acceptors (Lipinski definition) is 5. The molecule has 26 heavy (non-hydrogen) atoms. The van der Waals surface area contributed by atoms with Gasteiger partial charge >= 0.3 is 6.03 Å². The van der Waals surface area contributed by atoms with E-state index in [4.69, 9.17) is 0 Å². The minimum absolute atomic E-state index is 0.171. The summed E-state index contributed by atoms with van der Waals surface area (Å²) in [4.78, 5) is 32.2. The summed E-state index contributed by atoms with van der Waals surface area (Å²) in [6, 6.07) is 10.4. The minimum atomic E-state index is -0.320. The molecular weight excluding hydrogens is 350 g/mol. The van der Waals surface area contributed by atoms with Gasteiger partial charge in [0.2, 0.25) is 5.91 Å². The summed E-state index contributed by atoms with van der Waals surface area (Å²) in [5.74, 6) is -0.176. The van der Waals surface area contributed by atoms with Gasteiger partial charge in [-0.15, -0.1) is 11.3 Å². The van der Waals surface area contributed by atoms with Crippen molar-refractivity contribution in [3.63, 3.8) is 0 Å². The fourth-order valence-corrected chi connectivity index (χ4v) is 3.06. The molecule has 0 aliphatic heterocycles. The first-order valence-corrected chi connectivity index (χ1v) is 8.75. The first-order chi connectivity index (χ1) is 12.6. The molecule has 0 fully saturated rings. The van der Waals surface area contributed by atoms with Crippen LogP contribution in [-0.4, -0.2) is 29.0 Å². The Balaban J connectivity index is 1.62. The summed E-state index contributed by atoms with van der Waals surface area (Å²) in [5.41, 5.74) is 2.82. The lowest BCUT2D eigenvalue weighted by Crippen LogP contribution is -2.24. The number of rotatable bonds is 5. The van der Waals surface area contributed by atoms with Crippen LogP contribution >= 0.6 is 11.3 Å². The number of nitrogens with zero attached hydrogens (tertiary/aromatic N) is 2. The highest BCUT2D eigenvalue weighted by molar-refractivity contribution is 7.13. The van der Waals surface area contributed by atoms with Gasteiger partial charge in [-0.25, -0.2) is 9.78 Å². The number of carbonyl (C=O) groups excluding carboxylic acids is 2. The molecule has 3 amide bonds. The third kappa shape index (κ3) is 4.64. The lowest BCUT2D eigenvalue weighted by atomic mass is 10.2. The molecule has 0 bridgehead atoms. The molecule has 0 aliphatic rings. The average Bonchev–Trinajstić information content (AvgIpc) is 3.11. The molecule has 0 radical (unpaired) electrons. The van der Waals surface area contributed by atoms with Gasteiger partial charge in [0.05, 0.1) is 12.1 Å². The maximum Gasteiger partial charge on any atom is 0.318 e. The first-order valence-electron chi connectivity index (χ1n) is 7.87. The Morgan fingerprint density at radius 1 is 1.12 bits per heavy atom. The second-order valence-electron chi connectivity index (χ2n) is 5.40. The van der Waals surface area contributed by atoms with Gasteiger partial charge in [0.1, 0.15) is 5.01 Å². The van der Waals surface area contributed by atoms with E-state index < -0.39 is 0 Å². The zero-order valence-electron chi connectivity index (χ0n) is 14.0. The number of pyridine rings is 1. The molecule has 2 aromatic heterocycles. The molecule has 3 N–H and O–H groups in total. The third-order valence-electron chi connectivity index (χ3n) is 3.43. The van der Waals surface area contributed by atoms with Crippen LogP contribution in [0.4, 0.5) is 16.2 Å². The Labute approximate surface area is 154 Å². The van der Waals surface area contributed by atoms with Crippen LogP contribution in [-0.2, 0) is 11.2 Å². The molecule has 0 saturated carbocycles. The number of nitrogens with one attached hydrogen (secondary N) is 3. The second-order valence-corrected chi connectivity index (χ2v) is 6.25. The zero-order chi connectivity index (χ0) is 18.4. The molecule has 7 nitrogen and oxygen atoms in total. The van der Waals surface area contributed by atoms with Crippen LogP contribution in [0.3, 0.4) is 0 Å². The maximum absolute atomic E-state index is 12.3. The minimum Gasteiger partial charge on any atom is -0.341 e. The Morgan fingerprint density at radius 3 is 2.65 bits per heavy atom. The molecular formula is C18H17N5O2S. The van der Waals surface area contributed by atoms with Crippen molar-refractivity contribution in [1.29, 1.82) is 0 Å². The van der Waals surface area contributed by atoms with Crippen LogP contribution in [0.5, 0.6) is 0 Å². The molecule has 0 saturated heterocycles. The van der Waals surface area contributed by atoms with E-state index in [2.05, 4.69) is 25.9 Å². The molecule has 1 aromatic carbocycles. The fraction of sp³-hybridized carbons (Fsp3) is 0.111. The quantitative estimate of drug-likeness (QED) is 0.645. The van der Waals surface area contributed by atoms with E-state index in [-0.39, 0.29) is 18.4 Å². The van der Waals surface area contributed by atoms with Crippen molar-refractivity contribution in [2.75, 3.05) is 17.7 Å². The molecule has 2 heterocycles. The lowest BCUT2D eigenvalue weighted by Gasteiger charge is -2.08. The van der Waals surface area contributed by atoms with Crippen molar-refractivity contribution >= 4 is 34.6 Å². The van der Waals surface area contributed by atoms with E-state index >= 15 is 0 Å². The maximum atomic E-state index is 12.3. The van der Waals surface area contributed by atoms with Crippen molar-refractivity contribution in [2.24, 2.45) is 0 Å². The van der Waals surface area contributed by atoms with E-state index in [1.54, 1.807) is 36.7 Å². The van der Waals surface area contributed by atoms with Crippen LogP contribution in [0, 0.1) is 0 Å². The highest BCUT2D eigenvalue weighted by Gasteiger charge is 2.10. The summed E-state index contributed by atoms with van der Waals surface area (Å²) < 4.78 is 0. The average molecular weight is 367 g/mol. The monoisotopic (exact) mass is 367 g/mol. The number of carbonyl (C=O) groups is 2. The van der Waals surface area contributed by atoms with Gasteiger partial charge in [0, 0.05) is 41.8 Å². The predicted octanol–water partition coefficient (Wildman–Crippen LogP) is 3.14. The highest BCUT2D eigenvalue weighted by Crippen LogP contribution is 2.23. The van der Waals surface area contributed by atoms with Crippen LogP contribution in [0.25, 0.3) is 10.6 Å². The zero-order valence-corrected chi connectivity index (χ0v) is 14.8. The van der Waals surface area contributed by atoms with Crippen LogP contribution in [0.1, 0.15) is 5.69 Å². The summed E-state index contributed by atoms with van der Waals surface area (Å²) in [6.45, 7) is 0. The Morgan fingerprint density at radius 2 is 1.92 bits per heavy atom. The van der Waals surface area contributed by atoms with Crippen LogP contribution < -0.4 is 16.0 Å². The number of amides is 3. The Hall–Kier alpha value is -3.26. The van der Waals surface area contributed by atoms with Crippen molar-refractivity contribution in [3.8, 4) is 10.6 Å². The van der Waals surface area contributed by atoms with Crippen molar-refractivity contribution in [1.82, 2.24) is 15.3 Å². The second kappa shape index (κ2) is 8.21. The van der Waals surface area contributed by atoms with Gasteiger partial charge < -0.3 is 16.0 Å². The van der Waals surface area contributed by atoms with Gasteiger partial charge in [0.15, 0.2) is 0 Å². The Kier molecular flexibility index (Phi) is 5.55. The van der Waals surface area contributed by atoms with Gasteiger partial charge in [0.25, 0.3) is 0 Å². The molecule has 0 unspecified atom stereocenters. The number of benzene rings is 1. The normalized spacial score (nSPS) is 10.2. The van der Waals surface area contributed by atoms with Crippen molar-refractivity contribution in [3.05, 3.63) is 59.9 Å². The SMILES string of the molecule is CNC(=O)Nc1cccc(NC(=O)Cc2csc(-c3cccnc3)n2)c1. The largest absolute Gasteiger partial charge is 0.341 e. The van der Waals surface area contributed by atoms with Crippen molar-refractivity contribution < 1.29 is 9.59 Å². The van der Waals surface area contributed by atoms with E-state index in [0.717, 1.165) is 10.6 Å². The molecule has 0 atom stereocenters. The number of thiazole rings is 1. The van der Waals surface area contributed by atoms with E-state index in [1.807, 2.05) is 17.5 Å². The number of anilines is 2. The fourth-order valence-electron chi connectivity index (χ4n) is 2.25. The molecule has 0 aliphatic carbocycles. The summed E-state index contributed by atoms with van der Waals surface area (Å²) in [6.07, 6.45) is 3.62. The van der Waals surface area contributed by atoms with Crippen LogP contribution in [0.2, 0.25) is 0 Å².